The van der Waals surface area contributed by atoms with Crippen LogP contribution in [-0.2, 0) is 19.3 Å². The summed E-state index contributed by atoms with van der Waals surface area (Å²) in [6, 6.07) is 6.42. The Balaban J connectivity index is 1.59. The first kappa shape index (κ1) is 21.3. The molecule has 3 aliphatic rings. The van der Waals surface area contributed by atoms with Crippen LogP contribution in [-0.4, -0.2) is 28.3 Å². The molecular weight excluding hydrogens is 400 g/mol. The highest BCUT2D eigenvalue weighted by atomic mass is 16.1. The number of aromatic nitrogens is 1. The van der Waals surface area contributed by atoms with Gasteiger partial charge in [0.15, 0.2) is 5.78 Å². The summed E-state index contributed by atoms with van der Waals surface area (Å²) >= 11 is 0. The topological polar surface area (TPSA) is 103 Å². The third-order valence-corrected chi connectivity index (χ3v) is 7.54. The van der Waals surface area contributed by atoms with Crippen LogP contribution in [0.15, 0.2) is 18.2 Å². The Morgan fingerprint density at radius 1 is 1.09 bits per heavy atom. The number of nitrogens with one attached hydrogen (secondary N) is 1. The number of carbonyl (C=O) groups is 2. The minimum Gasteiger partial charge on any atom is -0.382 e. The minimum atomic E-state index is -0.428. The van der Waals surface area contributed by atoms with Crippen molar-refractivity contribution < 1.29 is 9.59 Å². The summed E-state index contributed by atoms with van der Waals surface area (Å²) in [4.78, 5) is 25.3. The van der Waals surface area contributed by atoms with Crippen molar-refractivity contribution in [3.63, 3.8) is 0 Å². The second-order valence-corrected chi connectivity index (χ2v) is 10.7. The molecule has 1 saturated carbocycles. The fourth-order valence-corrected chi connectivity index (χ4v) is 6.03. The van der Waals surface area contributed by atoms with E-state index in [0.29, 0.717) is 12.0 Å². The predicted octanol–water partition coefficient (Wildman–Crippen LogP) is 3.90. The van der Waals surface area contributed by atoms with Crippen molar-refractivity contribution >= 4 is 17.4 Å². The van der Waals surface area contributed by atoms with Crippen molar-refractivity contribution in [2.24, 2.45) is 16.9 Å². The highest BCUT2D eigenvalue weighted by Crippen LogP contribution is 2.43. The maximum absolute atomic E-state index is 13.1. The van der Waals surface area contributed by atoms with Crippen LogP contribution in [0.1, 0.15) is 90.0 Å². The third-order valence-electron chi connectivity index (χ3n) is 7.54. The van der Waals surface area contributed by atoms with Crippen molar-refractivity contribution in [1.29, 1.82) is 0 Å². The lowest BCUT2D eigenvalue weighted by Crippen LogP contribution is -2.33. The van der Waals surface area contributed by atoms with E-state index in [0.717, 1.165) is 74.0 Å². The van der Waals surface area contributed by atoms with E-state index in [1.165, 1.54) is 11.3 Å². The van der Waals surface area contributed by atoms with Crippen LogP contribution in [0.5, 0.6) is 0 Å². The molecule has 0 bridgehead atoms. The number of primary amides is 1. The van der Waals surface area contributed by atoms with Gasteiger partial charge in [-0.2, -0.15) is 0 Å². The van der Waals surface area contributed by atoms with Gasteiger partial charge < -0.3 is 21.4 Å². The minimum absolute atomic E-state index is 0.0525. The Morgan fingerprint density at radius 2 is 1.84 bits per heavy atom. The molecule has 1 heterocycles. The molecule has 1 aromatic heterocycles. The monoisotopic (exact) mass is 434 g/mol. The summed E-state index contributed by atoms with van der Waals surface area (Å²) in [6.07, 6.45) is 8.47. The first-order valence-electron chi connectivity index (χ1n) is 12.0. The molecule has 170 valence electrons. The first-order chi connectivity index (χ1) is 15.2. The van der Waals surface area contributed by atoms with Crippen LogP contribution >= 0.6 is 0 Å². The molecule has 5 rings (SSSR count). The zero-order valence-electron chi connectivity index (χ0n) is 19.2. The van der Waals surface area contributed by atoms with Gasteiger partial charge in [-0.05, 0) is 80.5 Å². The van der Waals surface area contributed by atoms with Gasteiger partial charge in [-0.15, -0.1) is 0 Å². The lowest BCUT2D eigenvalue weighted by atomic mass is 9.75. The highest BCUT2D eigenvalue weighted by Gasteiger charge is 2.38. The molecule has 0 aliphatic heterocycles. The van der Waals surface area contributed by atoms with Crippen molar-refractivity contribution in [2.75, 3.05) is 5.32 Å². The van der Waals surface area contributed by atoms with Gasteiger partial charge in [0.1, 0.15) is 0 Å². The summed E-state index contributed by atoms with van der Waals surface area (Å²) in [5, 5.41) is 3.59. The molecule has 0 saturated heterocycles. The average molecular weight is 435 g/mol. The zero-order valence-corrected chi connectivity index (χ0v) is 19.2. The summed E-state index contributed by atoms with van der Waals surface area (Å²) < 4.78 is 2.31. The molecule has 1 fully saturated rings. The third kappa shape index (κ3) is 3.64. The predicted molar refractivity (Wildman–Crippen MR) is 127 cm³/mol. The smallest absolute Gasteiger partial charge is 0.250 e. The zero-order chi connectivity index (χ0) is 22.6. The van der Waals surface area contributed by atoms with Crippen LogP contribution in [0.2, 0.25) is 0 Å². The van der Waals surface area contributed by atoms with E-state index in [1.807, 2.05) is 12.1 Å². The maximum atomic E-state index is 13.1. The molecule has 1 amide bonds. The fourth-order valence-electron chi connectivity index (χ4n) is 6.03. The Labute approximate surface area is 189 Å². The fraction of sp³-hybridized carbons (Fsp3) is 0.538. The lowest BCUT2D eigenvalue weighted by Gasteiger charge is -2.31. The number of amides is 1. The first-order valence-corrected chi connectivity index (χ1v) is 12.0. The van der Waals surface area contributed by atoms with E-state index in [4.69, 9.17) is 11.5 Å². The van der Waals surface area contributed by atoms with Gasteiger partial charge >= 0.3 is 0 Å². The van der Waals surface area contributed by atoms with Gasteiger partial charge in [0.2, 0.25) is 0 Å². The molecule has 6 heteroatoms. The van der Waals surface area contributed by atoms with Crippen LogP contribution in [0.25, 0.3) is 5.69 Å². The number of benzene rings is 1. The number of nitrogens with zero attached hydrogens (tertiary/aromatic N) is 1. The van der Waals surface area contributed by atoms with Crippen molar-refractivity contribution in [2.45, 2.75) is 83.7 Å². The van der Waals surface area contributed by atoms with Gasteiger partial charge in [0, 0.05) is 46.8 Å². The van der Waals surface area contributed by atoms with Gasteiger partial charge in [-0.3, -0.25) is 9.59 Å². The number of nitrogens with two attached hydrogens (primary N) is 2. The summed E-state index contributed by atoms with van der Waals surface area (Å²) in [7, 11) is 0. The van der Waals surface area contributed by atoms with Crippen molar-refractivity contribution in [3.05, 3.63) is 46.3 Å². The molecule has 2 aromatic rings. The van der Waals surface area contributed by atoms with Crippen LogP contribution in [0.3, 0.4) is 0 Å². The lowest BCUT2D eigenvalue weighted by molar-refractivity contribution is 0.0909. The quantitative estimate of drug-likeness (QED) is 0.679. The van der Waals surface area contributed by atoms with Crippen molar-refractivity contribution in [3.8, 4) is 5.69 Å². The number of rotatable bonds is 4. The molecule has 6 nitrogen and oxygen atoms in total. The molecule has 0 atom stereocenters. The molecule has 0 spiro atoms. The second-order valence-electron chi connectivity index (χ2n) is 10.7. The van der Waals surface area contributed by atoms with Crippen LogP contribution in [0.4, 0.5) is 5.69 Å². The number of hydrogen-bond acceptors (Lipinski definition) is 4. The summed E-state index contributed by atoms with van der Waals surface area (Å²) in [6.45, 7) is 4.35. The Bertz CT molecular complexity index is 1090. The average Bonchev–Trinajstić information content (AvgIpc) is 3.28. The number of fused-ring (bicyclic) bond motifs is 3. The molecule has 0 radical (unpaired) electrons. The highest BCUT2D eigenvalue weighted by molar-refractivity contribution is 6.01. The number of ketones is 1. The van der Waals surface area contributed by atoms with Gasteiger partial charge in [0.05, 0.1) is 5.56 Å². The standard InChI is InChI=1S/C26H34N4O2/c1-26(2)13-22-24(23(31)14-26)19-4-3-5-21(19)30(22)17-10-11-18(25(28)32)20(12-17)29-16-8-6-15(27)7-9-16/h10-12,15-16,29H,3-9,13-14,27H2,1-2H3,(H2,28,32). The number of carbonyl (C=O) groups excluding carboxylic acids is 2. The van der Waals surface area contributed by atoms with Gasteiger partial charge in [0.25, 0.3) is 5.91 Å². The summed E-state index contributed by atoms with van der Waals surface area (Å²) in [5.41, 5.74) is 18.7. The molecule has 32 heavy (non-hydrogen) atoms. The largest absolute Gasteiger partial charge is 0.382 e. The number of anilines is 1. The molecule has 3 aliphatic carbocycles. The number of hydrogen-bond donors (Lipinski definition) is 3. The maximum Gasteiger partial charge on any atom is 0.250 e. The van der Waals surface area contributed by atoms with E-state index in [1.54, 1.807) is 0 Å². The van der Waals surface area contributed by atoms with Crippen LogP contribution in [0, 0.1) is 5.41 Å². The number of Topliss-reactive ketones (excluding diaryl/α,β-unsaturated/α-hetero) is 1. The molecule has 0 unspecified atom stereocenters. The second kappa shape index (κ2) is 7.77. The normalized spacial score (nSPS) is 24.2. The Hall–Kier alpha value is -2.60. The SMILES string of the molecule is CC1(C)CC(=O)c2c3c(n(-c4ccc(C(N)=O)c(NC5CCC(N)CC5)c4)c2C1)CCC3. The van der Waals surface area contributed by atoms with Gasteiger partial charge in [-0.1, -0.05) is 13.8 Å². The van der Waals surface area contributed by atoms with E-state index >= 15 is 0 Å². The molecule has 5 N–H and O–H groups in total. The van der Waals surface area contributed by atoms with Crippen LogP contribution < -0.4 is 16.8 Å². The van der Waals surface area contributed by atoms with E-state index in [9.17, 15) is 9.59 Å². The van der Waals surface area contributed by atoms with Gasteiger partial charge in [-0.25, -0.2) is 0 Å². The molecule has 1 aromatic carbocycles. The summed E-state index contributed by atoms with van der Waals surface area (Å²) in [5.74, 6) is -0.151. The Kier molecular flexibility index (Phi) is 5.16. The van der Waals surface area contributed by atoms with Crippen molar-refractivity contribution in [1.82, 2.24) is 4.57 Å². The van der Waals surface area contributed by atoms with E-state index in [2.05, 4.69) is 29.8 Å². The Morgan fingerprint density at radius 3 is 2.56 bits per heavy atom. The molecular formula is C26H34N4O2. The van der Waals surface area contributed by atoms with E-state index < -0.39 is 5.91 Å². The van der Waals surface area contributed by atoms with E-state index in [-0.39, 0.29) is 23.3 Å².